The van der Waals surface area contributed by atoms with Crippen molar-refractivity contribution in [3.05, 3.63) is 0 Å². The summed E-state index contributed by atoms with van der Waals surface area (Å²) in [5.74, 6) is 0. The van der Waals surface area contributed by atoms with E-state index in [2.05, 4.69) is 10.2 Å². The zero-order valence-corrected chi connectivity index (χ0v) is 10.7. The number of nitrogens with one attached hydrogen (secondary N) is 1. The molecule has 0 aromatic rings. The van der Waals surface area contributed by atoms with Crippen molar-refractivity contribution in [1.82, 2.24) is 10.2 Å². The van der Waals surface area contributed by atoms with Gasteiger partial charge >= 0.3 is 0 Å². The minimum absolute atomic E-state index is 0.216. The second-order valence-corrected chi connectivity index (χ2v) is 3.78. The molecule has 0 spiro atoms. The second-order valence-electron chi connectivity index (χ2n) is 3.78. The maximum atomic E-state index is 8.92. The molecule has 5 heteroatoms. The molecule has 0 heterocycles. The maximum absolute atomic E-state index is 8.92. The molecule has 1 unspecified atom stereocenters. The van der Waals surface area contributed by atoms with E-state index in [9.17, 15) is 0 Å². The van der Waals surface area contributed by atoms with Gasteiger partial charge in [0.25, 0.3) is 0 Å². The number of aliphatic hydroxyl groups is 1. The first-order chi connectivity index (χ1) is 7.78. The van der Waals surface area contributed by atoms with Gasteiger partial charge in [0, 0.05) is 46.5 Å². The third-order valence-electron chi connectivity index (χ3n) is 2.59. The minimum atomic E-state index is 0.216. The van der Waals surface area contributed by atoms with Gasteiger partial charge < -0.3 is 19.9 Å². The number of hydrogen-bond donors (Lipinski definition) is 2. The molecule has 98 valence electrons. The summed E-state index contributed by atoms with van der Waals surface area (Å²) in [6.45, 7) is 4.35. The van der Waals surface area contributed by atoms with Crippen molar-refractivity contribution in [2.24, 2.45) is 0 Å². The van der Waals surface area contributed by atoms with Crippen LogP contribution in [0.1, 0.15) is 6.42 Å². The number of likely N-dealkylation sites (N-methyl/N-ethyl adjacent to an activating group) is 1. The van der Waals surface area contributed by atoms with Crippen LogP contribution in [0.3, 0.4) is 0 Å². The largest absolute Gasteiger partial charge is 0.396 e. The molecule has 0 amide bonds. The first-order valence-corrected chi connectivity index (χ1v) is 5.76. The molecule has 2 N–H and O–H groups in total. The zero-order chi connectivity index (χ0) is 12.2. The predicted octanol–water partition coefficient (Wildman–Crippen LogP) is -0.448. The van der Waals surface area contributed by atoms with Crippen LogP contribution in [0.4, 0.5) is 0 Å². The summed E-state index contributed by atoms with van der Waals surface area (Å²) in [7, 11) is 5.33. The van der Waals surface area contributed by atoms with Gasteiger partial charge in [-0.05, 0) is 13.5 Å². The predicted molar refractivity (Wildman–Crippen MR) is 64.7 cm³/mol. The van der Waals surface area contributed by atoms with Gasteiger partial charge in [0.05, 0.1) is 13.2 Å². The van der Waals surface area contributed by atoms with E-state index in [0.717, 1.165) is 39.3 Å². The Morgan fingerprint density at radius 1 is 1.19 bits per heavy atom. The molecule has 0 saturated carbocycles. The average molecular weight is 234 g/mol. The van der Waals surface area contributed by atoms with Gasteiger partial charge in [-0.15, -0.1) is 0 Å². The van der Waals surface area contributed by atoms with Gasteiger partial charge in [0.1, 0.15) is 0 Å². The summed E-state index contributed by atoms with van der Waals surface area (Å²) in [6, 6.07) is 0.318. The van der Waals surface area contributed by atoms with Crippen LogP contribution in [0, 0.1) is 0 Å². The Kier molecular flexibility index (Phi) is 11.1. The van der Waals surface area contributed by atoms with E-state index >= 15 is 0 Å². The molecule has 0 aromatic carbocycles. The molecule has 0 saturated heterocycles. The minimum Gasteiger partial charge on any atom is -0.396 e. The number of methoxy groups -OCH3 is 2. The van der Waals surface area contributed by atoms with Crippen LogP contribution in [0.25, 0.3) is 0 Å². The number of aliphatic hydroxyl groups excluding tert-OH is 1. The van der Waals surface area contributed by atoms with E-state index < -0.39 is 0 Å². The third-order valence-corrected chi connectivity index (χ3v) is 2.59. The summed E-state index contributed by atoms with van der Waals surface area (Å²) in [6.07, 6.45) is 0.771. The zero-order valence-electron chi connectivity index (χ0n) is 10.7. The van der Waals surface area contributed by atoms with E-state index in [0.29, 0.717) is 6.04 Å². The average Bonchev–Trinajstić information content (AvgIpc) is 2.31. The normalized spacial score (nSPS) is 13.3. The molecule has 0 fully saturated rings. The molecule has 0 aliphatic rings. The van der Waals surface area contributed by atoms with Gasteiger partial charge in [-0.25, -0.2) is 0 Å². The van der Waals surface area contributed by atoms with Crippen molar-refractivity contribution < 1.29 is 14.6 Å². The van der Waals surface area contributed by atoms with Gasteiger partial charge in [-0.1, -0.05) is 0 Å². The topological polar surface area (TPSA) is 54.0 Å². The molecular formula is C11H26N2O3. The monoisotopic (exact) mass is 234 g/mol. The fourth-order valence-corrected chi connectivity index (χ4v) is 1.53. The Morgan fingerprint density at radius 3 is 2.12 bits per heavy atom. The van der Waals surface area contributed by atoms with Crippen LogP contribution in [0.5, 0.6) is 0 Å². The molecule has 0 aliphatic carbocycles. The lowest BCUT2D eigenvalue weighted by Gasteiger charge is -2.26. The lowest BCUT2D eigenvalue weighted by atomic mass is 10.2. The van der Waals surface area contributed by atoms with E-state index in [4.69, 9.17) is 14.6 Å². The Hall–Kier alpha value is -0.200. The number of nitrogens with zero attached hydrogens (tertiary/aromatic N) is 1. The van der Waals surface area contributed by atoms with Crippen molar-refractivity contribution in [1.29, 1.82) is 0 Å². The van der Waals surface area contributed by atoms with Crippen molar-refractivity contribution >= 4 is 0 Å². The fourth-order valence-electron chi connectivity index (χ4n) is 1.53. The Morgan fingerprint density at radius 2 is 1.75 bits per heavy atom. The fraction of sp³-hybridized carbons (Fsp3) is 1.00. The number of rotatable bonds is 11. The third kappa shape index (κ3) is 8.01. The molecule has 0 aromatic heterocycles. The summed E-state index contributed by atoms with van der Waals surface area (Å²) in [4.78, 5) is 2.28. The lowest BCUT2D eigenvalue weighted by Crippen LogP contribution is -2.42. The van der Waals surface area contributed by atoms with Crippen LogP contribution in [-0.4, -0.2) is 76.8 Å². The van der Waals surface area contributed by atoms with Crippen LogP contribution < -0.4 is 5.32 Å². The van der Waals surface area contributed by atoms with Crippen molar-refractivity contribution in [2.75, 3.05) is 60.7 Å². The second kappa shape index (κ2) is 11.3. The smallest absolute Gasteiger partial charge is 0.0589 e. The number of hydrogen-bond acceptors (Lipinski definition) is 5. The molecule has 0 rings (SSSR count). The highest BCUT2D eigenvalue weighted by atomic mass is 16.5. The maximum Gasteiger partial charge on any atom is 0.0589 e. The summed E-state index contributed by atoms with van der Waals surface area (Å²) in [5.41, 5.74) is 0. The van der Waals surface area contributed by atoms with E-state index in [1.54, 1.807) is 14.2 Å². The first kappa shape index (κ1) is 15.8. The van der Waals surface area contributed by atoms with Crippen LogP contribution in [-0.2, 0) is 9.47 Å². The van der Waals surface area contributed by atoms with Gasteiger partial charge in [0.15, 0.2) is 0 Å². The van der Waals surface area contributed by atoms with E-state index in [-0.39, 0.29) is 6.61 Å². The van der Waals surface area contributed by atoms with E-state index in [1.165, 1.54) is 0 Å². The van der Waals surface area contributed by atoms with Gasteiger partial charge in [-0.3, -0.25) is 4.90 Å². The van der Waals surface area contributed by atoms with Crippen molar-refractivity contribution in [3.8, 4) is 0 Å². The van der Waals surface area contributed by atoms with Crippen molar-refractivity contribution in [2.45, 2.75) is 12.5 Å². The highest BCUT2D eigenvalue weighted by Crippen LogP contribution is 1.97. The first-order valence-electron chi connectivity index (χ1n) is 5.76. The highest BCUT2D eigenvalue weighted by Gasteiger charge is 2.11. The molecule has 16 heavy (non-hydrogen) atoms. The molecule has 0 bridgehead atoms. The number of ether oxygens (including phenoxy) is 2. The molecule has 5 nitrogen and oxygen atoms in total. The quantitative estimate of drug-likeness (QED) is 0.507. The molecule has 0 radical (unpaired) electrons. The summed E-state index contributed by atoms with van der Waals surface area (Å²) < 4.78 is 10.2. The van der Waals surface area contributed by atoms with Gasteiger partial charge in [0.2, 0.25) is 0 Å². The van der Waals surface area contributed by atoms with Crippen LogP contribution in [0.2, 0.25) is 0 Å². The molecular weight excluding hydrogens is 208 g/mol. The Labute approximate surface area is 98.7 Å². The Balaban J connectivity index is 3.94. The highest BCUT2D eigenvalue weighted by molar-refractivity contribution is 4.70. The standard InChI is InChI=1S/C11H26N2O3/c1-12-11(4-7-14)10-13(5-8-15-2)6-9-16-3/h11-12,14H,4-10H2,1-3H3. The lowest BCUT2D eigenvalue weighted by molar-refractivity contribution is 0.105. The van der Waals surface area contributed by atoms with E-state index in [1.807, 2.05) is 7.05 Å². The summed E-state index contributed by atoms with van der Waals surface area (Å²) in [5, 5.41) is 12.1. The molecule has 0 aliphatic heterocycles. The molecule has 1 atom stereocenters. The Bertz CT molecular complexity index is 139. The van der Waals surface area contributed by atoms with Crippen molar-refractivity contribution in [3.63, 3.8) is 0 Å². The van der Waals surface area contributed by atoms with Crippen LogP contribution in [0.15, 0.2) is 0 Å². The SMILES string of the molecule is CNC(CCO)CN(CCOC)CCOC. The van der Waals surface area contributed by atoms with Crippen LogP contribution >= 0.6 is 0 Å². The van der Waals surface area contributed by atoms with Gasteiger partial charge in [-0.2, -0.15) is 0 Å². The summed E-state index contributed by atoms with van der Waals surface area (Å²) >= 11 is 0.